The summed E-state index contributed by atoms with van der Waals surface area (Å²) < 4.78 is 22.1. The van der Waals surface area contributed by atoms with Gasteiger partial charge in [0.2, 0.25) is 23.3 Å². The zero-order valence-corrected chi connectivity index (χ0v) is 21.6. The maximum atomic E-state index is 12.9. The molecule has 5 aromatic rings. The molecule has 4 heterocycles. The van der Waals surface area contributed by atoms with E-state index < -0.39 is 23.1 Å². The van der Waals surface area contributed by atoms with Crippen molar-refractivity contribution in [2.45, 2.75) is 11.8 Å². The number of hydrogen-bond acceptors (Lipinski definition) is 10. The average molecular weight is 555 g/mol. The minimum absolute atomic E-state index is 0.0849. The van der Waals surface area contributed by atoms with Crippen molar-refractivity contribution < 1.29 is 18.3 Å². The molecule has 10 nitrogen and oxygen atoms in total. The second-order valence-electron chi connectivity index (χ2n) is 9.77. The van der Waals surface area contributed by atoms with Crippen LogP contribution >= 0.6 is 0 Å². The van der Waals surface area contributed by atoms with Crippen molar-refractivity contribution >= 4 is 21.9 Å². The molecular weight excluding hydrogens is 536 g/mol. The van der Waals surface area contributed by atoms with Crippen LogP contribution in [-0.4, -0.2) is 0 Å². The second-order valence-corrected chi connectivity index (χ2v) is 9.77. The predicted molar refractivity (Wildman–Crippen MR) is 150 cm³/mol. The van der Waals surface area contributed by atoms with E-state index in [-0.39, 0.29) is 34.4 Å². The molecule has 7 rings (SSSR count). The van der Waals surface area contributed by atoms with Crippen LogP contribution in [0.3, 0.4) is 0 Å². The molecule has 2 aliphatic rings. The second kappa shape index (κ2) is 9.15. The van der Waals surface area contributed by atoms with Gasteiger partial charge in [0.05, 0.1) is 11.8 Å². The zero-order chi connectivity index (χ0) is 29.1. The molecule has 2 unspecified atom stereocenters. The molecule has 0 aliphatic carbocycles. The number of nitrogens with zero attached hydrogens (tertiary/aromatic N) is 2. The van der Waals surface area contributed by atoms with Crippen molar-refractivity contribution in [3.05, 3.63) is 139 Å². The Balaban J connectivity index is 1.44. The first-order valence-corrected chi connectivity index (χ1v) is 12.8. The van der Waals surface area contributed by atoms with E-state index >= 15 is 0 Å². The summed E-state index contributed by atoms with van der Waals surface area (Å²) in [6.07, 6.45) is 0. The van der Waals surface area contributed by atoms with Gasteiger partial charge in [-0.2, -0.15) is 10.5 Å². The highest BCUT2D eigenvalue weighted by Crippen LogP contribution is 2.46. The number of hydrogen-bond donors (Lipinski definition) is 2. The Morgan fingerprint density at radius 2 is 0.976 bits per heavy atom. The van der Waals surface area contributed by atoms with Crippen molar-refractivity contribution in [1.82, 2.24) is 0 Å². The van der Waals surface area contributed by atoms with E-state index in [0.29, 0.717) is 44.2 Å². The Labute approximate surface area is 236 Å². The minimum atomic E-state index is -0.743. The summed E-state index contributed by atoms with van der Waals surface area (Å²) in [6.45, 7) is 0. The van der Waals surface area contributed by atoms with E-state index in [1.807, 2.05) is 0 Å². The van der Waals surface area contributed by atoms with E-state index in [4.69, 9.17) is 29.8 Å². The van der Waals surface area contributed by atoms with Crippen LogP contribution in [0.4, 0.5) is 0 Å². The standard InChI is InChI=1S/C32H18N4O6/c33-13-19-23(25-17-5-1-3-7-21(17)39-31(37)27(25)41-29(19)35)15-9-11-16(12-10-15)24-20(14-34)30(36)42-28-26(24)18-6-2-4-8-22(18)40-32(28)38/h1-12,23-24H,35-36H2. The number of rotatable bonds is 2. The molecular formula is C32H18N4O6. The van der Waals surface area contributed by atoms with E-state index in [1.54, 1.807) is 72.8 Å². The number of para-hydroxylation sites is 2. The number of fused-ring (bicyclic) bond motifs is 6. The number of nitriles is 2. The number of ether oxygens (including phenoxy) is 2. The lowest BCUT2D eigenvalue weighted by Crippen LogP contribution is -2.26. The lowest BCUT2D eigenvalue weighted by atomic mass is 9.79. The van der Waals surface area contributed by atoms with Crippen LogP contribution in [0.5, 0.6) is 11.5 Å². The fourth-order valence-corrected chi connectivity index (χ4v) is 5.77. The molecule has 0 bridgehead atoms. The SMILES string of the molecule is N#CC1=C(N)Oc2c(c3ccccc3oc2=O)C1c1ccc(C2C(C#N)=C(N)Oc3c2c2ccccc2oc3=O)cc1. The van der Waals surface area contributed by atoms with Gasteiger partial charge in [0.25, 0.3) is 0 Å². The summed E-state index contributed by atoms with van der Waals surface area (Å²) in [7, 11) is 0. The highest BCUT2D eigenvalue weighted by atomic mass is 16.5. The van der Waals surface area contributed by atoms with Gasteiger partial charge in [-0.1, -0.05) is 60.7 Å². The van der Waals surface area contributed by atoms with E-state index in [2.05, 4.69) is 12.1 Å². The minimum Gasteiger partial charge on any atom is -0.432 e. The van der Waals surface area contributed by atoms with Gasteiger partial charge < -0.3 is 29.8 Å². The van der Waals surface area contributed by atoms with E-state index in [1.165, 1.54) is 0 Å². The van der Waals surface area contributed by atoms with Gasteiger partial charge in [-0.05, 0) is 23.3 Å². The first-order chi connectivity index (χ1) is 20.4. The highest BCUT2D eigenvalue weighted by molar-refractivity contribution is 5.86. The van der Waals surface area contributed by atoms with Gasteiger partial charge in [0.15, 0.2) is 0 Å². The van der Waals surface area contributed by atoms with Gasteiger partial charge in [0.1, 0.15) is 34.5 Å². The molecule has 10 heteroatoms. The van der Waals surface area contributed by atoms with Crippen LogP contribution in [0.2, 0.25) is 0 Å². The van der Waals surface area contributed by atoms with Gasteiger partial charge in [-0.3, -0.25) is 0 Å². The summed E-state index contributed by atoms with van der Waals surface area (Å²) in [5, 5.41) is 21.3. The number of nitrogens with two attached hydrogens (primary N) is 2. The summed E-state index contributed by atoms with van der Waals surface area (Å²) in [5.41, 5.74) is 13.9. The van der Waals surface area contributed by atoms with Gasteiger partial charge >= 0.3 is 11.3 Å². The molecule has 3 aromatic carbocycles. The quantitative estimate of drug-likeness (QED) is 0.298. The number of benzene rings is 3. The van der Waals surface area contributed by atoms with Gasteiger partial charge in [-0.15, -0.1) is 0 Å². The Bertz CT molecular complexity index is 2090. The molecule has 42 heavy (non-hydrogen) atoms. The van der Waals surface area contributed by atoms with Crippen molar-refractivity contribution in [2.24, 2.45) is 11.5 Å². The molecule has 0 fully saturated rings. The lowest BCUT2D eigenvalue weighted by molar-refractivity contribution is 0.367. The van der Waals surface area contributed by atoms with Crippen molar-refractivity contribution in [3.63, 3.8) is 0 Å². The Kier molecular flexibility index (Phi) is 5.39. The fraction of sp³-hybridized carbons (Fsp3) is 0.0625. The number of allylic oxidation sites excluding steroid dienone is 2. The maximum absolute atomic E-state index is 12.9. The fourth-order valence-electron chi connectivity index (χ4n) is 5.77. The van der Waals surface area contributed by atoms with Crippen LogP contribution in [0.1, 0.15) is 34.1 Å². The normalized spacial score (nSPS) is 17.6. The third kappa shape index (κ3) is 3.49. The van der Waals surface area contributed by atoms with Crippen LogP contribution < -0.4 is 32.2 Å². The highest BCUT2D eigenvalue weighted by Gasteiger charge is 2.37. The molecule has 4 N–H and O–H groups in total. The topological polar surface area (TPSA) is 178 Å². The largest absolute Gasteiger partial charge is 0.432 e. The summed E-state index contributed by atoms with van der Waals surface area (Å²) in [5.74, 6) is -2.04. The van der Waals surface area contributed by atoms with Crippen LogP contribution in [0.15, 0.2) is 114 Å². The molecule has 202 valence electrons. The lowest BCUT2D eigenvalue weighted by Gasteiger charge is -2.28. The third-order valence-corrected chi connectivity index (χ3v) is 7.57. The Morgan fingerprint density at radius 1 is 0.595 bits per heavy atom. The van der Waals surface area contributed by atoms with Crippen LogP contribution in [0, 0.1) is 22.7 Å². The van der Waals surface area contributed by atoms with Crippen LogP contribution in [-0.2, 0) is 0 Å². The smallest absolute Gasteiger partial charge is 0.380 e. The molecule has 2 aromatic heterocycles. The van der Waals surface area contributed by atoms with Crippen molar-refractivity contribution in [1.29, 1.82) is 10.5 Å². The first-order valence-electron chi connectivity index (χ1n) is 12.8. The zero-order valence-electron chi connectivity index (χ0n) is 21.6. The van der Waals surface area contributed by atoms with Crippen molar-refractivity contribution in [3.8, 4) is 23.6 Å². The Morgan fingerprint density at radius 3 is 1.36 bits per heavy atom. The summed E-state index contributed by atoms with van der Waals surface area (Å²) in [6, 6.07) is 25.3. The molecule has 0 radical (unpaired) electrons. The van der Waals surface area contributed by atoms with Gasteiger partial charge in [-0.25, -0.2) is 9.59 Å². The van der Waals surface area contributed by atoms with Crippen LogP contribution in [0.25, 0.3) is 21.9 Å². The Hall–Kier alpha value is -6.26. The molecule has 2 atom stereocenters. The van der Waals surface area contributed by atoms with Crippen molar-refractivity contribution in [2.75, 3.05) is 0 Å². The summed E-state index contributed by atoms with van der Waals surface area (Å²) >= 11 is 0. The average Bonchev–Trinajstić information content (AvgIpc) is 3.00. The first kappa shape index (κ1) is 24.8. The van der Waals surface area contributed by atoms with Gasteiger partial charge in [0, 0.05) is 21.9 Å². The molecule has 0 saturated carbocycles. The van der Waals surface area contributed by atoms with E-state index in [9.17, 15) is 20.1 Å². The summed E-state index contributed by atoms with van der Waals surface area (Å²) in [4.78, 5) is 25.7. The van der Waals surface area contributed by atoms with E-state index in [0.717, 1.165) is 0 Å². The molecule has 0 saturated heterocycles. The maximum Gasteiger partial charge on any atom is 0.380 e. The third-order valence-electron chi connectivity index (χ3n) is 7.57. The molecule has 2 aliphatic heterocycles. The predicted octanol–water partition coefficient (Wildman–Crippen LogP) is 4.34. The molecule has 0 amide bonds. The molecule has 0 spiro atoms. The monoisotopic (exact) mass is 554 g/mol.